The summed E-state index contributed by atoms with van der Waals surface area (Å²) in [5.74, 6) is 1.79. The summed E-state index contributed by atoms with van der Waals surface area (Å²) >= 11 is 0. The zero-order valence-corrected chi connectivity index (χ0v) is 8.61. The van der Waals surface area contributed by atoms with Crippen LogP contribution in [0.1, 0.15) is 32.1 Å². The summed E-state index contributed by atoms with van der Waals surface area (Å²) in [6.07, 6.45) is 6.94. The number of carbonyl (C=O) groups excluding carboxylic acids is 1. The second-order valence-corrected chi connectivity index (χ2v) is 4.73. The van der Waals surface area contributed by atoms with Gasteiger partial charge in [-0.3, -0.25) is 4.79 Å². The monoisotopic (exact) mass is 193 g/mol. The van der Waals surface area contributed by atoms with Crippen molar-refractivity contribution in [3.05, 3.63) is 12.7 Å². The molecule has 2 bridgehead atoms. The standard InChI is InChI=1S/C12H19NO/c1-2-3-4-10(14)11-8-5-6-9(7-8)12(11)13/h2,8-9,11-12H,1,3-7,13H2. The third-order valence-corrected chi connectivity index (χ3v) is 3.95. The molecule has 0 saturated heterocycles. The van der Waals surface area contributed by atoms with E-state index in [1.165, 1.54) is 19.3 Å². The number of Topliss-reactive ketones (excluding diaryl/α,β-unsaturated/α-hetero) is 1. The van der Waals surface area contributed by atoms with Gasteiger partial charge >= 0.3 is 0 Å². The van der Waals surface area contributed by atoms with E-state index in [1.54, 1.807) is 0 Å². The minimum absolute atomic E-state index is 0.158. The molecule has 0 aliphatic heterocycles. The smallest absolute Gasteiger partial charge is 0.138 e. The van der Waals surface area contributed by atoms with Gasteiger partial charge in [-0.1, -0.05) is 6.08 Å². The molecule has 0 aromatic heterocycles. The Hall–Kier alpha value is -0.630. The third kappa shape index (κ3) is 1.52. The maximum absolute atomic E-state index is 11.9. The topological polar surface area (TPSA) is 43.1 Å². The highest BCUT2D eigenvalue weighted by molar-refractivity contribution is 5.82. The van der Waals surface area contributed by atoms with Crippen molar-refractivity contribution in [1.29, 1.82) is 0 Å². The second-order valence-electron chi connectivity index (χ2n) is 4.73. The lowest BCUT2D eigenvalue weighted by Crippen LogP contribution is -2.40. The number of rotatable bonds is 4. The van der Waals surface area contributed by atoms with Crippen LogP contribution in [0.3, 0.4) is 0 Å². The fourth-order valence-corrected chi connectivity index (χ4v) is 3.22. The van der Waals surface area contributed by atoms with Gasteiger partial charge in [0.2, 0.25) is 0 Å². The highest BCUT2D eigenvalue weighted by atomic mass is 16.1. The van der Waals surface area contributed by atoms with E-state index in [4.69, 9.17) is 5.73 Å². The number of hydrogen-bond donors (Lipinski definition) is 1. The summed E-state index contributed by atoms with van der Waals surface area (Å²) < 4.78 is 0. The Balaban J connectivity index is 1.97. The van der Waals surface area contributed by atoms with Gasteiger partial charge < -0.3 is 5.73 Å². The van der Waals surface area contributed by atoms with Crippen LogP contribution in [-0.2, 0) is 4.79 Å². The zero-order valence-electron chi connectivity index (χ0n) is 8.61. The molecule has 2 heteroatoms. The van der Waals surface area contributed by atoms with E-state index in [9.17, 15) is 4.79 Å². The molecule has 0 heterocycles. The Morgan fingerprint density at radius 2 is 2.14 bits per heavy atom. The summed E-state index contributed by atoms with van der Waals surface area (Å²) in [4.78, 5) is 11.9. The van der Waals surface area contributed by atoms with Gasteiger partial charge in [-0.2, -0.15) is 0 Å². The maximum atomic E-state index is 11.9. The molecule has 2 N–H and O–H groups in total. The van der Waals surface area contributed by atoms with Crippen LogP contribution in [0.2, 0.25) is 0 Å². The molecule has 4 atom stereocenters. The Morgan fingerprint density at radius 1 is 1.43 bits per heavy atom. The van der Waals surface area contributed by atoms with E-state index in [1.807, 2.05) is 6.08 Å². The average Bonchev–Trinajstić information content (AvgIpc) is 2.74. The van der Waals surface area contributed by atoms with E-state index in [0.717, 1.165) is 6.42 Å². The third-order valence-electron chi connectivity index (χ3n) is 3.95. The summed E-state index contributed by atoms with van der Waals surface area (Å²) in [5.41, 5.74) is 6.09. The van der Waals surface area contributed by atoms with Crippen molar-refractivity contribution in [3.63, 3.8) is 0 Å². The van der Waals surface area contributed by atoms with Gasteiger partial charge in [0.15, 0.2) is 0 Å². The van der Waals surface area contributed by atoms with Gasteiger partial charge in [-0.05, 0) is 37.5 Å². The number of allylic oxidation sites excluding steroid dienone is 1. The highest BCUT2D eigenvalue weighted by Crippen LogP contribution is 2.48. The lowest BCUT2D eigenvalue weighted by Gasteiger charge is -2.26. The van der Waals surface area contributed by atoms with Crippen LogP contribution in [0.25, 0.3) is 0 Å². The minimum atomic E-state index is 0.158. The molecule has 0 radical (unpaired) electrons. The predicted octanol–water partition coefficient (Wildman–Crippen LogP) is 1.90. The molecular weight excluding hydrogens is 174 g/mol. The molecule has 14 heavy (non-hydrogen) atoms. The summed E-state index contributed by atoms with van der Waals surface area (Å²) in [6, 6.07) is 0.158. The van der Waals surface area contributed by atoms with E-state index < -0.39 is 0 Å². The van der Waals surface area contributed by atoms with Crippen LogP contribution in [0.4, 0.5) is 0 Å². The summed E-state index contributed by atoms with van der Waals surface area (Å²) in [5, 5.41) is 0. The molecule has 2 nitrogen and oxygen atoms in total. The average molecular weight is 193 g/mol. The normalized spacial score (nSPS) is 40.1. The Bertz CT molecular complexity index is 247. The summed E-state index contributed by atoms with van der Waals surface area (Å²) in [7, 11) is 0. The Kier molecular flexibility index (Phi) is 2.73. The van der Waals surface area contributed by atoms with E-state index in [0.29, 0.717) is 24.0 Å². The van der Waals surface area contributed by atoms with Crippen LogP contribution in [-0.4, -0.2) is 11.8 Å². The molecule has 0 amide bonds. The van der Waals surface area contributed by atoms with Crippen LogP contribution < -0.4 is 5.73 Å². The van der Waals surface area contributed by atoms with E-state index >= 15 is 0 Å². The molecule has 2 saturated carbocycles. The number of carbonyl (C=O) groups is 1. The molecular formula is C12H19NO. The van der Waals surface area contributed by atoms with Gasteiger partial charge in [0.25, 0.3) is 0 Å². The summed E-state index contributed by atoms with van der Waals surface area (Å²) in [6.45, 7) is 3.64. The Morgan fingerprint density at radius 3 is 2.71 bits per heavy atom. The van der Waals surface area contributed by atoms with Gasteiger partial charge in [0, 0.05) is 18.4 Å². The first-order chi connectivity index (χ1) is 6.74. The van der Waals surface area contributed by atoms with Crippen molar-refractivity contribution in [3.8, 4) is 0 Å². The fraction of sp³-hybridized carbons (Fsp3) is 0.750. The number of nitrogens with two attached hydrogens (primary N) is 1. The molecule has 0 aromatic rings. The number of fused-ring (bicyclic) bond motifs is 2. The SMILES string of the molecule is C=CCCC(=O)C1C2CCC(C2)C1N. The lowest BCUT2D eigenvalue weighted by atomic mass is 9.81. The maximum Gasteiger partial charge on any atom is 0.138 e. The fourth-order valence-electron chi connectivity index (χ4n) is 3.22. The van der Waals surface area contributed by atoms with Gasteiger partial charge in [0.1, 0.15) is 5.78 Å². The predicted molar refractivity (Wildman–Crippen MR) is 56.7 cm³/mol. The van der Waals surface area contributed by atoms with Crippen molar-refractivity contribution < 1.29 is 4.79 Å². The van der Waals surface area contributed by atoms with Gasteiger partial charge in [0.05, 0.1) is 0 Å². The second kappa shape index (κ2) is 3.85. The van der Waals surface area contributed by atoms with Crippen LogP contribution >= 0.6 is 0 Å². The molecule has 78 valence electrons. The van der Waals surface area contributed by atoms with Crippen molar-refractivity contribution in [1.82, 2.24) is 0 Å². The van der Waals surface area contributed by atoms with Crippen molar-refractivity contribution in [2.24, 2.45) is 23.5 Å². The molecule has 4 unspecified atom stereocenters. The van der Waals surface area contributed by atoms with Crippen molar-refractivity contribution in [2.45, 2.75) is 38.1 Å². The first-order valence-electron chi connectivity index (χ1n) is 5.63. The van der Waals surface area contributed by atoms with Crippen LogP contribution in [0.15, 0.2) is 12.7 Å². The molecule has 0 aromatic carbocycles. The molecule has 0 spiro atoms. The van der Waals surface area contributed by atoms with Crippen LogP contribution in [0, 0.1) is 17.8 Å². The lowest BCUT2D eigenvalue weighted by molar-refractivity contribution is -0.124. The minimum Gasteiger partial charge on any atom is -0.327 e. The van der Waals surface area contributed by atoms with E-state index in [-0.39, 0.29) is 12.0 Å². The van der Waals surface area contributed by atoms with Gasteiger partial charge in [-0.25, -0.2) is 0 Å². The quantitative estimate of drug-likeness (QED) is 0.693. The molecule has 2 rings (SSSR count). The van der Waals surface area contributed by atoms with Crippen molar-refractivity contribution >= 4 is 5.78 Å². The molecule has 2 aliphatic carbocycles. The largest absolute Gasteiger partial charge is 0.327 e. The van der Waals surface area contributed by atoms with E-state index in [2.05, 4.69) is 6.58 Å². The number of ketones is 1. The highest BCUT2D eigenvalue weighted by Gasteiger charge is 2.48. The van der Waals surface area contributed by atoms with Gasteiger partial charge in [-0.15, -0.1) is 6.58 Å². The molecule has 2 aliphatic rings. The van der Waals surface area contributed by atoms with Crippen LogP contribution in [0.5, 0.6) is 0 Å². The zero-order chi connectivity index (χ0) is 10.1. The number of hydrogen-bond acceptors (Lipinski definition) is 2. The molecule has 2 fully saturated rings. The first-order valence-corrected chi connectivity index (χ1v) is 5.63. The Labute approximate surface area is 85.6 Å². The first kappa shape index (κ1) is 9.91. The van der Waals surface area contributed by atoms with Crippen molar-refractivity contribution in [2.75, 3.05) is 0 Å².